The Labute approximate surface area is 120 Å². The van der Waals surface area contributed by atoms with Crippen molar-refractivity contribution in [3.63, 3.8) is 0 Å². The summed E-state index contributed by atoms with van der Waals surface area (Å²) in [6.07, 6.45) is 6.71. The molecule has 0 bridgehead atoms. The van der Waals surface area contributed by atoms with Crippen LogP contribution in [0.1, 0.15) is 22.8 Å². The topological polar surface area (TPSA) is 46.1 Å². The smallest absolute Gasteiger partial charge is 0.255 e. The molecule has 0 aliphatic rings. The first-order valence-electron chi connectivity index (χ1n) is 5.99. The van der Waals surface area contributed by atoms with E-state index in [1.807, 2.05) is 19.1 Å². The highest BCUT2D eigenvalue weighted by Crippen LogP contribution is 2.13. The van der Waals surface area contributed by atoms with Crippen LogP contribution in [-0.4, -0.2) is 27.3 Å². The molecule has 1 amide bonds. The van der Waals surface area contributed by atoms with Crippen molar-refractivity contribution in [1.29, 1.82) is 0 Å². The van der Waals surface area contributed by atoms with Gasteiger partial charge in [-0.25, -0.2) is 0 Å². The fraction of sp³-hybridized carbons (Fsp3) is 0.214. The summed E-state index contributed by atoms with van der Waals surface area (Å²) in [7, 11) is 0. The first kappa shape index (κ1) is 13.7. The van der Waals surface area contributed by atoms with Gasteiger partial charge in [0, 0.05) is 42.3 Å². The maximum absolute atomic E-state index is 12.4. The molecule has 0 atom stereocenters. The van der Waals surface area contributed by atoms with E-state index >= 15 is 0 Å². The minimum atomic E-state index is -0.0203. The van der Waals surface area contributed by atoms with E-state index in [1.165, 1.54) is 0 Å². The predicted octanol–water partition coefficient (Wildman–Crippen LogP) is 2.90. The van der Waals surface area contributed by atoms with Crippen LogP contribution in [0.15, 0.2) is 47.5 Å². The van der Waals surface area contributed by atoms with Gasteiger partial charge in [0.25, 0.3) is 5.91 Å². The lowest BCUT2D eigenvalue weighted by atomic mass is 10.2. The highest BCUT2D eigenvalue weighted by atomic mass is 79.9. The zero-order valence-corrected chi connectivity index (χ0v) is 12.2. The fourth-order valence-corrected chi connectivity index (χ4v) is 2.11. The van der Waals surface area contributed by atoms with E-state index in [-0.39, 0.29) is 5.91 Å². The van der Waals surface area contributed by atoms with Crippen molar-refractivity contribution in [3.8, 4) is 0 Å². The molecule has 4 nitrogen and oxygen atoms in total. The molecule has 0 unspecified atom stereocenters. The molecule has 0 saturated carbocycles. The number of hydrogen-bond acceptors (Lipinski definition) is 3. The zero-order chi connectivity index (χ0) is 13.7. The molecule has 2 aromatic rings. The number of nitrogens with zero attached hydrogens (tertiary/aromatic N) is 3. The van der Waals surface area contributed by atoms with Gasteiger partial charge in [-0.15, -0.1) is 0 Å². The third-order valence-corrected chi connectivity index (χ3v) is 3.18. The Hall–Kier alpha value is -1.75. The van der Waals surface area contributed by atoms with Crippen LogP contribution in [0.4, 0.5) is 0 Å². The van der Waals surface area contributed by atoms with E-state index in [9.17, 15) is 4.79 Å². The van der Waals surface area contributed by atoms with Gasteiger partial charge >= 0.3 is 0 Å². The third-order valence-electron chi connectivity index (χ3n) is 2.74. The van der Waals surface area contributed by atoms with Crippen LogP contribution >= 0.6 is 15.9 Å². The molecule has 98 valence electrons. The van der Waals surface area contributed by atoms with Crippen molar-refractivity contribution in [1.82, 2.24) is 14.9 Å². The fourth-order valence-electron chi connectivity index (χ4n) is 1.75. The van der Waals surface area contributed by atoms with Gasteiger partial charge in [0.15, 0.2) is 0 Å². The monoisotopic (exact) mass is 319 g/mol. The van der Waals surface area contributed by atoms with Gasteiger partial charge < -0.3 is 4.90 Å². The van der Waals surface area contributed by atoms with Gasteiger partial charge in [0.2, 0.25) is 0 Å². The van der Waals surface area contributed by atoms with Crippen molar-refractivity contribution in [2.24, 2.45) is 0 Å². The standard InChI is InChI=1S/C14H14BrN3O/c1-2-18(10-11-3-5-16-6-4-11)14(19)12-7-13(15)9-17-8-12/h3-9H,2,10H2,1H3. The lowest BCUT2D eigenvalue weighted by molar-refractivity contribution is 0.0752. The SMILES string of the molecule is CCN(Cc1ccncc1)C(=O)c1cncc(Br)c1. The van der Waals surface area contributed by atoms with E-state index in [4.69, 9.17) is 0 Å². The molecule has 0 N–H and O–H groups in total. The van der Waals surface area contributed by atoms with Gasteiger partial charge in [0.1, 0.15) is 0 Å². The highest BCUT2D eigenvalue weighted by Gasteiger charge is 2.15. The largest absolute Gasteiger partial charge is 0.335 e. The molecular weight excluding hydrogens is 306 g/mol. The van der Waals surface area contributed by atoms with Crippen molar-refractivity contribution < 1.29 is 4.79 Å². The van der Waals surface area contributed by atoms with Crippen LogP contribution < -0.4 is 0 Å². The van der Waals surface area contributed by atoms with Crippen molar-refractivity contribution >= 4 is 21.8 Å². The second-order valence-corrected chi connectivity index (χ2v) is 4.98. The Morgan fingerprint density at radius 3 is 2.63 bits per heavy atom. The number of rotatable bonds is 4. The summed E-state index contributed by atoms with van der Waals surface area (Å²) >= 11 is 3.33. The molecule has 0 aliphatic heterocycles. The summed E-state index contributed by atoms with van der Waals surface area (Å²) in [6.45, 7) is 3.18. The molecule has 0 spiro atoms. The van der Waals surface area contributed by atoms with Gasteiger partial charge in [-0.1, -0.05) is 0 Å². The summed E-state index contributed by atoms with van der Waals surface area (Å²) in [6, 6.07) is 5.61. The summed E-state index contributed by atoms with van der Waals surface area (Å²) < 4.78 is 0.804. The van der Waals surface area contributed by atoms with Crippen molar-refractivity contribution in [3.05, 3.63) is 58.6 Å². The number of carbonyl (C=O) groups is 1. The lowest BCUT2D eigenvalue weighted by Gasteiger charge is -2.20. The average Bonchev–Trinajstić information content (AvgIpc) is 2.45. The Kier molecular flexibility index (Phi) is 4.63. The van der Waals surface area contributed by atoms with Gasteiger partial charge in [-0.05, 0) is 46.6 Å². The second kappa shape index (κ2) is 6.43. The molecule has 0 saturated heterocycles. The van der Waals surface area contributed by atoms with Crippen molar-refractivity contribution in [2.75, 3.05) is 6.54 Å². The van der Waals surface area contributed by atoms with Crippen LogP contribution in [0.5, 0.6) is 0 Å². The molecule has 0 fully saturated rings. The molecule has 2 heterocycles. The number of amides is 1. The molecule has 5 heteroatoms. The van der Waals surface area contributed by atoms with E-state index < -0.39 is 0 Å². The predicted molar refractivity (Wildman–Crippen MR) is 76.6 cm³/mol. The van der Waals surface area contributed by atoms with Crippen LogP contribution in [0, 0.1) is 0 Å². The zero-order valence-electron chi connectivity index (χ0n) is 10.6. The first-order chi connectivity index (χ1) is 9.20. The number of pyridine rings is 2. The number of hydrogen-bond donors (Lipinski definition) is 0. The molecule has 19 heavy (non-hydrogen) atoms. The van der Waals surface area contributed by atoms with Crippen LogP contribution in [0.3, 0.4) is 0 Å². The summed E-state index contributed by atoms with van der Waals surface area (Å²) in [5, 5.41) is 0. The van der Waals surface area contributed by atoms with Crippen LogP contribution in [0.25, 0.3) is 0 Å². The minimum Gasteiger partial charge on any atom is -0.335 e. The van der Waals surface area contributed by atoms with Crippen LogP contribution in [0.2, 0.25) is 0 Å². The van der Waals surface area contributed by atoms with E-state index in [2.05, 4.69) is 25.9 Å². The normalized spacial score (nSPS) is 10.2. The minimum absolute atomic E-state index is 0.0203. The molecule has 0 aromatic carbocycles. The van der Waals surface area contributed by atoms with Crippen LogP contribution in [-0.2, 0) is 6.54 Å². The average molecular weight is 320 g/mol. The summed E-state index contributed by atoms with van der Waals surface area (Å²) in [5.41, 5.74) is 1.65. The third kappa shape index (κ3) is 3.61. The van der Waals surface area contributed by atoms with E-state index in [0.29, 0.717) is 18.7 Å². The Bertz CT molecular complexity index is 560. The summed E-state index contributed by atoms with van der Waals surface area (Å²) in [4.78, 5) is 22.2. The Morgan fingerprint density at radius 2 is 2.00 bits per heavy atom. The van der Waals surface area contributed by atoms with Crippen molar-refractivity contribution in [2.45, 2.75) is 13.5 Å². The molecule has 2 aromatic heterocycles. The second-order valence-electron chi connectivity index (χ2n) is 4.07. The van der Waals surface area contributed by atoms with E-state index in [1.54, 1.807) is 35.8 Å². The van der Waals surface area contributed by atoms with Gasteiger partial charge in [-0.2, -0.15) is 0 Å². The summed E-state index contributed by atoms with van der Waals surface area (Å²) in [5.74, 6) is -0.0203. The molecule has 0 radical (unpaired) electrons. The Morgan fingerprint density at radius 1 is 1.26 bits per heavy atom. The van der Waals surface area contributed by atoms with E-state index in [0.717, 1.165) is 10.0 Å². The number of aromatic nitrogens is 2. The lowest BCUT2D eigenvalue weighted by Crippen LogP contribution is -2.30. The quantitative estimate of drug-likeness (QED) is 0.870. The van der Waals surface area contributed by atoms with Gasteiger partial charge in [-0.3, -0.25) is 14.8 Å². The molecular formula is C14H14BrN3O. The maximum Gasteiger partial charge on any atom is 0.255 e. The number of halogens is 1. The van der Waals surface area contributed by atoms with Gasteiger partial charge in [0.05, 0.1) is 5.56 Å². The molecule has 0 aliphatic carbocycles. The maximum atomic E-state index is 12.4. The Balaban J connectivity index is 2.16. The highest BCUT2D eigenvalue weighted by molar-refractivity contribution is 9.10. The molecule has 2 rings (SSSR count). The number of carbonyl (C=O) groups excluding carboxylic acids is 1. The first-order valence-corrected chi connectivity index (χ1v) is 6.78.